The van der Waals surface area contributed by atoms with Crippen molar-refractivity contribution in [3.05, 3.63) is 24.0 Å². The highest BCUT2D eigenvalue weighted by molar-refractivity contribution is 5.76. The van der Waals surface area contributed by atoms with E-state index in [1.165, 1.54) is 5.56 Å². The average molecular weight is 277 g/mol. The number of amides is 1. The van der Waals surface area contributed by atoms with E-state index in [1.54, 1.807) is 0 Å². The van der Waals surface area contributed by atoms with Crippen molar-refractivity contribution in [1.82, 2.24) is 14.8 Å². The van der Waals surface area contributed by atoms with Gasteiger partial charge < -0.3 is 14.8 Å². The number of nitrogens with zero attached hydrogens (tertiary/aromatic N) is 2. The van der Waals surface area contributed by atoms with Crippen LogP contribution in [0.1, 0.15) is 51.1 Å². The van der Waals surface area contributed by atoms with Crippen molar-refractivity contribution in [2.75, 3.05) is 19.6 Å². The second kappa shape index (κ2) is 7.48. The Balaban J connectivity index is 1.91. The third kappa shape index (κ3) is 3.85. The number of carbonyl (C=O) groups is 1. The molecule has 1 saturated heterocycles. The van der Waals surface area contributed by atoms with E-state index in [2.05, 4.69) is 31.4 Å². The van der Waals surface area contributed by atoms with Gasteiger partial charge >= 0.3 is 0 Å². The molecule has 0 spiro atoms. The zero-order valence-electron chi connectivity index (χ0n) is 12.8. The number of likely N-dealkylation sites (tertiary alicyclic amines) is 1. The molecule has 2 heterocycles. The smallest absolute Gasteiger partial charge is 0.242 e. The Morgan fingerprint density at radius 3 is 2.75 bits per heavy atom. The van der Waals surface area contributed by atoms with Crippen molar-refractivity contribution < 1.29 is 4.79 Å². The summed E-state index contributed by atoms with van der Waals surface area (Å²) in [5.74, 6) is 0.249. The molecule has 1 aliphatic rings. The number of nitrogens with one attached hydrogen (secondary N) is 1. The minimum atomic E-state index is 0.249. The van der Waals surface area contributed by atoms with Crippen LogP contribution in [-0.2, 0) is 11.3 Å². The number of carbonyl (C=O) groups excluding carboxylic acids is 1. The number of aromatic nitrogens is 1. The topological polar surface area (TPSA) is 37.3 Å². The van der Waals surface area contributed by atoms with Gasteiger partial charge in [-0.25, -0.2) is 0 Å². The Morgan fingerprint density at radius 1 is 1.35 bits per heavy atom. The fourth-order valence-electron chi connectivity index (χ4n) is 2.80. The molecule has 0 aromatic carbocycles. The summed E-state index contributed by atoms with van der Waals surface area (Å²) in [6.45, 7) is 7.76. The van der Waals surface area contributed by atoms with Gasteiger partial charge in [0.05, 0.1) is 0 Å². The second-order valence-electron chi connectivity index (χ2n) is 5.62. The molecule has 1 N–H and O–H groups in total. The summed E-state index contributed by atoms with van der Waals surface area (Å²) in [5, 5.41) is 3.55. The van der Waals surface area contributed by atoms with Crippen LogP contribution < -0.4 is 5.32 Å². The van der Waals surface area contributed by atoms with E-state index in [4.69, 9.17) is 0 Å². The van der Waals surface area contributed by atoms with E-state index >= 15 is 0 Å². The highest BCUT2D eigenvalue weighted by atomic mass is 16.2. The fraction of sp³-hybridized carbons (Fsp3) is 0.688. The molecule has 4 heteroatoms. The molecule has 1 unspecified atom stereocenters. The maximum Gasteiger partial charge on any atom is 0.242 e. The third-order valence-corrected chi connectivity index (χ3v) is 4.00. The predicted molar refractivity (Wildman–Crippen MR) is 81.6 cm³/mol. The minimum Gasteiger partial charge on any atom is -0.345 e. The second-order valence-corrected chi connectivity index (χ2v) is 5.62. The van der Waals surface area contributed by atoms with Gasteiger partial charge in [0.15, 0.2) is 0 Å². The number of hydrogen-bond donors (Lipinski definition) is 1. The third-order valence-electron chi connectivity index (χ3n) is 4.00. The van der Waals surface area contributed by atoms with Gasteiger partial charge in [0.25, 0.3) is 0 Å². The van der Waals surface area contributed by atoms with Crippen LogP contribution in [0.2, 0.25) is 0 Å². The Hall–Kier alpha value is -1.29. The summed E-state index contributed by atoms with van der Waals surface area (Å²) in [5.41, 5.74) is 1.29. The summed E-state index contributed by atoms with van der Waals surface area (Å²) >= 11 is 0. The first-order valence-electron chi connectivity index (χ1n) is 7.91. The van der Waals surface area contributed by atoms with Crippen molar-refractivity contribution >= 4 is 5.91 Å². The van der Waals surface area contributed by atoms with E-state index < -0.39 is 0 Å². The molecule has 0 bridgehead atoms. The standard InChI is InChI=1S/C16H27N3O/c1-3-8-17-15(4-2)14-7-11-18(12-14)13-16(20)19-9-5-6-10-19/h7,11-12,15,17H,3-6,8-10,13H2,1-2H3. The summed E-state index contributed by atoms with van der Waals surface area (Å²) in [6, 6.07) is 2.53. The van der Waals surface area contributed by atoms with Gasteiger partial charge in [-0.15, -0.1) is 0 Å². The number of rotatable bonds is 7. The van der Waals surface area contributed by atoms with Crippen LogP contribution in [0, 0.1) is 0 Å². The van der Waals surface area contributed by atoms with Gasteiger partial charge in [0.2, 0.25) is 5.91 Å². The van der Waals surface area contributed by atoms with Crippen LogP contribution in [0.4, 0.5) is 0 Å². The molecule has 0 saturated carbocycles. The lowest BCUT2D eigenvalue weighted by atomic mass is 10.1. The van der Waals surface area contributed by atoms with E-state index in [9.17, 15) is 4.79 Å². The van der Waals surface area contributed by atoms with E-state index in [0.29, 0.717) is 12.6 Å². The number of hydrogen-bond acceptors (Lipinski definition) is 2. The van der Waals surface area contributed by atoms with E-state index in [0.717, 1.165) is 45.3 Å². The quantitative estimate of drug-likeness (QED) is 0.831. The van der Waals surface area contributed by atoms with Gasteiger partial charge in [-0.3, -0.25) is 4.79 Å². The monoisotopic (exact) mass is 277 g/mol. The highest BCUT2D eigenvalue weighted by Crippen LogP contribution is 2.17. The molecule has 1 amide bonds. The summed E-state index contributed by atoms with van der Waals surface area (Å²) < 4.78 is 2.02. The predicted octanol–water partition coefficient (Wildman–Crippen LogP) is 2.56. The molecule has 112 valence electrons. The zero-order valence-corrected chi connectivity index (χ0v) is 12.8. The Kier molecular flexibility index (Phi) is 5.65. The highest BCUT2D eigenvalue weighted by Gasteiger charge is 2.18. The van der Waals surface area contributed by atoms with Crippen LogP contribution >= 0.6 is 0 Å². The van der Waals surface area contributed by atoms with Gasteiger partial charge in [-0.2, -0.15) is 0 Å². The first-order valence-corrected chi connectivity index (χ1v) is 7.91. The average Bonchev–Trinajstić information content (AvgIpc) is 3.11. The maximum atomic E-state index is 12.1. The molecule has 1 aliphatic heterocycles. The van der Waals surface area contributed by atoms with Crippen molar-refractivity contribution in [3.63, 3.8) is 0 Å². The fourth-order valence-corrected chi connectivity index (χ4v) is 2.80. The van der Waals surface area contributed by atoms with Crippen LogP contribution in [0.3, 0.4) is 0 Å². The minimum absolute atomic E-state index is 0.249. The lowest BCUT2D eigenvalue weighted by molar-refractivity contribution is -0.130. The van der Waals surface area contributed by atoms with Crippen molar-refractivity contribution in [2.24, 2.45) is 0 Å². The maximum absolute atomic E-state index is 12.1. The first kappa shape index (κ1) is 15.1. The Bertz CT molecular complexity index is 421. The largest absolute Gasteiger partial charge is 0.345 e. The van der Waals surface area contributed by atoms with Gasteiger partial charge in [0, 0.05) is 31.5 Å². The van der Waals surface area contributed by atoms with Gasteiger partial charge in [-0.1, -0.05) is 13.8 Å². The van der Waals surface area contributed by atoms with Gasteiger partial charge in [-0.05, 0) is 43.9 Å². The van der Waals surface area contributed by atoms with Crippen LogP contribution in [0.25, 0.3) is 0 Å². The molecule has 1 aromatic heterocycles. The van der Waals surface area contributed by atoms with E-state index in [1.807, 2.05) is 15.7 Å². The first-order chi connectivity index (χ1) is 9.74. The van der Waals surface area contributed by atoms with Crippen LogP contribution in [-0.4, -0.2) is 35.0 Å². The molecule has 2 rings (SSSR count). The molecular formula is C16H27N3O. The molecule has 1 aromatic rings. The molecule has 1 fully saturated rings. The summed E-state index contributed by atoms with van der Waals surface area (Å²) in [6.07, 6.45) is 8.67. The van der Waals surface area contributed by atoms with Crippen molar-refractivity contribution in [2.45, 2.75) is 52.1 Å². The summed E-state index contributed by atoms with van der Waals surface area (Å²) in [4.78, 5) is 14.1. The molecule has 4 nitrogen and oxygen atoms in total. The van der Waals surface area contributed by atoms with Gasteiger partial charge in [0.1, 0.15) is 6.54 Å². The Labute approximate surface area is 122 Å². The van der Waals surface area contributed by atoms with Crippen LogP contribution in [0.15, 0.2) is 18.5 Å². The zero-order chi connectivity index (χ0) is 14.4. The SMILES string of the molecule is CCCNC(CC)c1ccn(CC(=O)N2CCCC2)c1. The summed E-state index contributed by atoms with van der Waals surface area (Å²) in [7, 11) is 0. The molecule has 0 radical (unpaired) electrons. The van der Waals surface area contributed by atoms with Crippen molar-refractivity contribution in [1.29, 1.82) is 0 Å². The molecular weight excluding hydrogens is 250 g/mol. The Morgan fingerprint density at radius 2 is 2.10 bits per heavy atom. The van der Waals surface area contributed by atoms with Crippen molar-refractivity contribution in [3.8, 4) is 0 Å². The molecule has 1 atom stereocenters. The molecule has 0 aliphatic carbocycles. The lowest BCUT2D eigenvalue weighted by Crippen LogP contribution is -2.30. The lowest BCUT2D eigenvalue weighted by Gasteiger charge is -2.16. The molecule has 20 heavy (non-hydrogen) atoms. The normalized spacial score (nSPS) is 16.6. The van der Waals surface area contributed by atoms with E-state index in [-0.39, 0.29) is 5.91 Å². The van der Waals surface area contributed by atoms with Crippen LogP contribution in [0.5, 0.6) is 0 Å².